The molecule has 40 heavy (non-hydrogen) atoms. The zero-order valence-electron chi connectivity index (χ0n) is 22.9. The lowest BCUT2D eigenvalue weighted by molar-refractivity contribution is 0.0563. The van der Waals surface area contributed by atoms with Crippen molar-refractivity contribution in [2.24, 2.45) is 5.73 Å². The van der Waals surface area contributed by atoms with Crippen molar-refractivity contribution in [2.45, 2.75) is 47.3 Å². The molecule has 2 aromatic carbocycles. The minimum Gasteiger partial charge on any atom is -0.444 e. The number of alkyl carbamates (subject to hydrolysis) is 1. The van der Waals surface area contributed by atoms with E-state index in [-0.39, 0.29) is 20.5 Å². The largest absolute Gasteiger partial charge is 0.444 e. The van der Waals surface area contributed by atoms with E-state index in [1.165, 1.54) is 23.9 Å². The zero-order chi connectivity index (χ0) is 29.7. The summed E-state index contributed by atoms with van der Waals surface area (Å²) in [5, 5.41) is 16.1. The van der Waals surface area contributed by atoms with Crippen LogP contribution < -0.4 is 21.7 Å². The number of anilines is 1. The molecule has 6 N–H and O–H groups in total. The van der Waals surface area contributed by atoms with Crippen LogP contribution in [0.3, 0.4) is 0 Å². The van der Waals surface area contributed by atoms with Gasteiger partial charge in [0.05, 0.1) is 24.6 Å². The Morgan fingerprint density at radius 1 is 1.12 bits per heavy atom. The molecule has 0 spiro atoms. The maximum Gasteiger partial charge on any atom is 0.413 e. The summed E-state index contributed by atoms with van der Waals surface area (Å²) in [5.74, 6) is -0.256. The van der Waals surface area contributed by atoms with E-state index in [1.807, 2.05) is 13.0 Å². The number of hydrogen-bond acceptors (Lipinski definition) is 9. The maximum atomic E-state index is 13.8. The van der Waals surface area contributed by atoms with Gasteiger partial charge in [0.25, 0.3) is 0 Å². The second-order valence-electron chi connectivity index (χ2n) is 9.67. The Morgan fingerprint density at radius 2 is 1.82 bits per heavy atom. The molecule has 3 rings (SSSR count). The highest BCUT2D eigenvalue weighted by Gasteiger charge is 2.27. The second kappa shape index (κ2) is 12.9. The quantitative estimate of drug-likeness (QED) is 0.134. The molecular formula is C27H33N5O5S3. The van der Waals surface area contributed by atoms with Gasteiger partial charge in [0.15, 0.2) is 0 Å². The average Bonchev–Trinajstić information content (AvgIpc) is 3.32. The third-order valence-electron chi connectivity index (χ3n) is 5.40. The average molecular weight is 604 g/mol. The van der Waals surface area contributed by atoms with Crippen LogP contribution in [-0.4, -0.2) is 51.3 Å². The summed E-state index contributed by atoms with van der Waals surface area (Å²) in [7, 11) is -4.01. The summed E-state index contributed by atoms with van der Waals surface area (Å²) in [6, 6.07) is 12.9. The predicted octanol–water partition coefficient (Wildman–Crippen LogP) is 5.21. The van der Waals surface area contributed by atoms with E-state index in [0.717, 1.165) is 16.9 Å². The molecule has 1 heterocycles. The number of thiophene rings is 1. The van der Waals surface area contributed by atoms with Gasteiger partial charge in [-0.3, -0.25) is 10.7 Å². The van der Waals surface area contributed by atoms with Gasteiger partial charge in [-0.2, -0.15) is 0 Å². The summed E-state index contributed by atoms with van der Waals surface area (Å²) in [5.41, 5.74) is 7.37. The Bertz CT molecular complexity index is 1530. The van der Waals surface area contributed by atoms with Crippen molar-refractivity contribution in [1.29, 1.82) is 5.41 Å². The fourth-order valence-corrected chi connectivity index (χ4v) is 7.68. The van der Waals surface area contributed by atoms with Gasteiger partial charge in [-0.25, -0.2) is 18.0 Å². The molecule has 1 aromatic heterocycles. The van der Waals surface area contributed by atoms with Gasteiger partial charge in [0.2, 0.25) is 9.84 Å². The van der Waals surface area contributed by atoms with Crippen LogP contribution in [0.2, 0.25) is 0 Å². The first-order valence-corrected chi connectivity index (χ1v) is 15.8. The SMILES string of the molecule is CSc1sc(C(=N)NC(=O)OC(C)(C)C)cc1S(=O)(=O)c1cccc(-c2c(C)cccc2NC(=O)NCCN)c1. The van der Waals surface area contributed by atoms with Crippen LogP contribution in [0.4, 0.5) is 15.3 Å². The molecule has 3 amide bonds. The van der Waals surface area contributed by atoms with E-state index in [9.17, 15) is 18.0 Å². The third-order valence-corrected chi connectivity index (χ3v) is 9.72. The first-order chi connectivity index (χ1) is 18.8. The van der Waals surface area contributed by atoms with E-state index in [2.05, 4.69) is 16.0 Å². The Hall–Kier alpha value is -3.39. The second-order valence-corrected chi connectivity index (χ2v) is 13.7. The summed E-state index contributed by atoms with van der Waals surface area (Å²) in [6.45, 7) is 7.61. The van der Waals surface area contributed by atoms with E-state index in [1.54, 1.807) is 57.4 Å². The molecule has 0 aliphatic heterocycles. The summed E-state index contributed by atoms with van der Waals surface area (Å²) in [6.07, 6.45) is 0.949. The molecule has 214 valence electrons. The van der Waals surface area contributed by atoms with Crippen molar-refractivity contribution in [3.8, 4) is 11.1 Å². The zero-order valence-corrected chi connectivity index (χ0v) is 25.3. The first-order valence-electron chi connectivity index (χ1n) is 12.2. The standard InChI is InChI=1S/C27H33N5O5S3/c1-16-8-6-11-19(31-25(33)30-13-12-28)22(16)17-9-7-10-18(14-17)40(35,36)21-15-20(39-24(21)38-5)23(29)32-26(34)37-27(2,3)4/h6-11,14-15H,12-13,28H2,1-5H3,(H2,29,32,34)(H2,30,31,33). The molecule has 13 heteroatoms. The number of carbonyl (C=O) groups is 2. The Kier molecular flexibility index (Phi) is 10.0. The molecular weight excluding hydrogens is 571 g/mol. The van der Waals surface area contributed by atoms with Crippen molar-refractivity contribution < 1.29 is 22.7 Å². The van der Waals surface area contributed by atoms with Crippen LogP contribution in [0.1, 0.15) is 31.2 Å². The first kappa shape index (κ1) is 31.1. The van der Waals surface area contributed by atoms with E-state index in [0.29, 0.717) is 34.1 Å². The molecule has 0 atom stereocenters. The number of nitrogens with one attached hydrogen (secondary N) is 4. The molecule has 0 saturated heterocycles. The van der Waals surface area contributed by atoms with Crippen molar-refractivity contribution >= 4 is 56.6 Å². The highest BCUT2D eigenvalue weighted by molar-refractivity contribution is 8.01. The Labute approximate surface area is 242 Å². The van der Waals surface area contributed by atoms with Crippen LogP contribution in [0, 0.1) is 12.3 Å². The highest BCUT2D eigenvalue weighted by atomic mass is 32.2. The molecule has 10 nitrogen and oxygen atoms in total. The van der Waals surface area contributed by atoms with Crippen molar-refractivity contribution in [1.82, 2.24) is 10.6 Å². The number of hydrogen-bond donors (Lipinski definition) is 5. The van der Waals surface area contributed by atoms with Crippen LogP contribution >= 0.6 is 23.1 Å². The maximum absolute atomic E-state index is 13.8. The number of carbonyl (C=O) groups excluding carboxylic acids is 2. The lowest BCUT2D eigenvalue weighted by Gasteiger charge is -2.19. The van der Waals surface area contributed by atoms with Gasteiger partial charge >= 0.3 is 12.1 Å². The minimum absolute atomic E-state index is 0.0391. The smallest absolute Gasteiger partial charge is 0.413 e. The minimum atomic E-state index is -4.01. The van der Waals surface area contributed by atoms with Crippen LogP contribution in [0.5, 0.6) is 0 Å². The van der Waals surface area contributed by atoms with Crippen LogP contribution in [0.25, 0.3) is 11.1 Å². The molecule has 0 fully saturated rings. The number of urea groups is 1. The number of amides is 3. The monoisotopic (exact) mass is 603 g/mol. The molecule has 0 aliphatic carbocycles. The molecule has 0 radical (unpaired) electrons. The number of ether oxygens (including phenoxy) is 1. The van der Waals surface area contributed by atoms with Crippen molar-refractivity contribution in [2.75, 3.05) is 24.7 Å². The molecule has 0 saturated carbocycles. The number of aryl methyl sites for hydroxylation is 1. The third kappa shape index (κ3) is 7.62. The highest BCUT2D eigenvalue weighted by Crippen LogP contribution is 2.39. The normalized spacial score (nSPS) is 11.6. The van der Waals surface area contributed by atoms with Gasteiger partial charge in [0.1, 0.15) is 11.4 Å². The van der Waals surface area contributed by atoms with Gasteiger partial charge < -0.3 is 21.1 Å². The van der Waals surface area contributed by atoms with Crippen molar-refractivity contribution in [3.05, 3.63) is 59.0 Å². The van der Waals surface area contributed by atoms with E-state index in [4.69, 9.17) is 15.9 Å². The van der Waals surface area contributed by atoms with E-state index >= 15 is 0 Å². The van der Waals surface area contributed by atoms with Crippen LogP contribution in [-0.2, 0) is 14.6 Å². The number of thioether (sulfide) groups is 1. The molecule has 0 aliphatic rings. The lowest BCUT2D eigenvalue weighted by Crippen LogP contribution is -2.36. The number of sulfone groups is 1. The number of rotatable bonds is 8. The fourth-order valence-electron chi connectivity index (χ4n) is 3.73. The van der Waals surface area contributed by atoms with Crippen LogP contribution in [0.15, 0.2) is 62.5 Å². The summed E-state index contributed by atoms with van der Waals surface area (Å²) in [4.78, 5) is 24.8. The van der Waals surface area contributed by atoms with Gasteiger partial charge in [0, 0.05) is 18.7 Å². The van der Waals surface area contributed by atoms with E-state index < -0.39 is 27.6 Å². The number of amidine groups is 1. The molecule has 3 aromatic rings. The molecule has 0 bridgehead atoms. The lowest BCUT2D eigenvalue weighted by atomic mass is 9.98. The van der Waals surface area contributed by atoms with Crippen molar-refractivity contribution in [3.63, 3.8) is 0 Å². The summed E-state index contributed by atoms with van der Waals surface area (Å²) < 4.78 is 33.3. The van der Waals surface area contributed by atoms with Gasteiger partial charge in [-0.1, -0.05) is 24.3 Å². The fraction of sp³-hybridized carbons (Fsp3) is 0.296. The topological polar surface area (TPSA) is 163 Å². The number of nitrogens with two attached hydrogens (primary N) is 1. The Balaban J connectivity index is 1.97. The number of benzene rings is 2. The van der Waals surface area contributed by atoms with Gasteiger partial charge in [-0.05, 0) is 69.3 Å². The summed E-state index contributed by atoms with van der Waals surface area (Å²) >= 11 is 2.33. The Morgan fingerprint density at radius 3 is 2.48 bits per heavy atom. The molecule has 0 unspecified atom stereocenters. The van der Waals surface area contributed by atoms with Gasteiger partial charge in [-0.15, -0.1) is 23.1 Å². The predicted molar refractivity (Wildman–Crippen MR) is 160 cm³/mol.